The highest BCUT2D eigenvalue weighted by Gasteiger charge is 2.25. The molecule has 1 aliphatic rings. The Kier molecular flexibility index (Phi) is 5.67. The summed E-state index contributed by atoms with van der Waals surface area (Å²) in [5.74, 6) is 2.00. The normalized spacial score (nSPS) is 15.5. The number of halogens is 1. The zero-order valence-electron chi connectivity index (χ0n) is 17.8. The minimum absolute atomic E-state index is 0.00516. The van der Waals surface area contributed by atoms with Gasteiger partial charge in [0.15, 0.2) is 5.15 Å². The smallest absolute Gasteiger partial charge is 0.233 e. The second-order valence-electron chi connectivity index (χ2n) is 7.56. The monoisotopic (exact) mass is 461 g/mol. The molecule has 5 rings (SSSR count). The average molecular weight is 462 g/mol. The predicted molar refractivity (Wildman–Crippen MR) is 123 cm³/mol. The van der Waals surface area contributed by atoms with E-state index in [1.807, 2.05) is 31.3 Å². The molecule has 0 N–H and O–H groups in total. The van der Waals surface area contributed by atoms with Gasteiger partial charge in [0.1, 0.15) is 23.7 Å². The van der Waals surface area contributed by atoms with E-state index in [9.17, 15) is 5.26 Å². The average Bonchev–Trinajstić information content (AvgIpc) is 3.47. The molecule has 4 aromatic heterocycles. The molecule has 9 nitrogen and oxygen atoms in total. The summed E-state index contributed by atoms with van der Waals surface area (Å²) in [7, 11) is 0. The molecule has 0 radical (unpaired) electrons. The van der Waals surface area contributed by atoms with Crippen molar-refractivity contribution in [3.63, 3.8) is 0 Å². The van der Waals surface area contributed by atoms with Crippen molar-refractivity contribution in [2.75, 3.05) is 24.6 Å². The summed E-state index contributed by atoms with van der Waals surface area (Å²) in [4.78, 5) is 6.85. The van der Waals surface area contributed by atoms with E-state index in [0.717, 1.165) is 35.4 Å². The van der Waals surface area contributed by atoms with Crippen LogP contribution in [-0.4, -0.2) is 50.6 Å². The second kappa shape index (κ2) is 8.92. The first-order chi connectivity index (χ1) is 16.1. The van der Waals surface area contributed by atoms with Crippen LogP contribution in [0.4, 0.5) is 5.82 Å². The first kappa shape index (κ1) is 21.0. The van der Waals surface area contributed by atoms with Crippen LogP contribution in [0.25, 0.3) is 16.6 Å². The third kappa shape index (κ3) is 4.25. The lowest BCUT2D eigenvalue weighted by Gasteiger charge is -2.18. The Labute approximate surface area is 195 Å². The fraction of sp³-hybridized carbons (Fsp3) is 0.261. The Morgan fingerprint density at radius 2 is 2.12 bits per heavy atom. The number of hydrogen-bond acceptors (Lipinski definition) is 8. The van der Waals surface area contributed by atoms with Crippen molar-refractivity contribution in [3.05, 3.63) is 59.6 Å². The highest BCUT2D eigenvalue weighted by atomic mass is 35.5. The molecule has 0 aromatic carbocycles. The van der Waals surface area contributed by atoms with Crippen LogP contribution in [0.3, 0.4) is 0 Å². The number of pyridine rings is 2. The molecule has 0 bridgehead atoms. The van der Waals surface area contributed by atoms with Crippen LogP contribution < -0.4 is 14.4 Å². The lowest BCUT2D eigenvalue weighted by molar-refractivity contribution is 0.213. The highest BCUT2D eigenvalue weighted by molar-refractivity contribution is 6.29. The van der Waals surface area contributed by atoms with E-state index in [0.29, 0.717) is 35.5 Å². The molecule has 0 aliphatic carbocycles. The Morgan fingerprint density at radius 3 is 2.85 bits per heavy atom. The van der Waals surface area contributed by atoms with E-state index >= 15 is 0 Å². The molecule has 10 heteroatoms. The number of ether oxygens (including phenoxy) is 2. The van der Waals surface area contributed by atoms with Crippen molar-refractivity contribution < 1.29 is 9.47 Å². The van der Waals surface area contributed by atoms with Gasteiger partial charge in [0, 0.05) is 36.4 Å². The first-order valence-corrected chi connectivity index (χ1v) is 10.9. The van der Waals surface area contributed by atoms with Crippen LogP contribution in [0.2, 0.25) is 5.15 Å². The second-order valence-corrected chi connectivity index (χ2v) is 7.95. The maximum Gasteiger partial charge on any atom is 0.233 e. The standard InChI is InChI=1S/C23H20ClN7O2/c1-2-32-18-9-19(23-16(10-25)12-27-31(23)14-18)15-3-5-21(26-11-15)30-8-7-17(13-30)33-22-6-4-20(24)28-29-22/h3-6,9,11-12,14,17H,2,7-8,13H2,1H3. The fourth-order valence-electron chi connectivity index (χ4n) is 3.95. The van der Waals surface area contributed by atoms with E-state index in [2.05, 4.69) is 31.2 Å². The Balaban J connectivity index is 1.37. The summed E-state index contributed by atoms with van der Waals surface area (Å²) >= 11 is 5.78. The fourth-order valence-corrected chi connectivity index (χ4v) is 4.05. The molecular weight excluding hydrogens is 442 g/mol. The third-order valence-corrected chi connectivity index (χ3v) is 5.64. The molecule has 166 valence electrons. The van der Waals surface area contributed by atoms with E-state index in [4.69, 9.17) is 21.1 Å². The summed E-state index contributed by atoms with van der Waals surface area (Å²) in [6.45, 7) is 3.98. The molecular formula is C23H20ClN7O2. The first-order valence-electron chi connectivity index (χ1n) is 10.6. The molecule has 33 heavy (non-hydrogen) atoms. The Bertz CT molecular complexity index is 1320. The summed E-state index contributed by atoms with van der Waals surface area (Å²) in [5.41, 5.74) is 2.96. The summed E-state index contributed by atoms with van der Waals surface area (Å²) < 4.78 is 13.3. The number of nitriles is 1. The summed E-state index contributed by atoms with van der Waals surface area (Å²) in [6.07, 6.45) is 6.00. The van der Waals surface area contributed by atoms with Gasteiger partial charge in [-0.2, -0.15) is 10.4 Å². The van der Waals surface area contributed by atoms with E-state index in [1.165, 1.54) is 0 Å². The van der Waals surface area contributed by atoms with Crippen molar-refractivity contribution in [2.45, 2.75) is 19.4 Å². The molecule has 0 saturated carbocycles. The van der Waals surface area contributed by atoms with Crippen LogP contribution in [0.15, 0.2) is 48.9 Å². The molecule has 1 aliphatic heterocycles. The Hall–Kier alpha value is -3.90. The lowest BCUT2D eigenvalue weighted by atomic mass is 10.1. The molecule has 1 saturated heterocycles. The van der Waals surface area contributed by atoms with E-state index in [1.54, 1.807) is 29.0 Å². The van der Waals surface area contributed by atoms with Crippen LogP contribution in [-0.2, 0) is 0 Å². The van der Waals surface area contributed by atoms with Crippen molar-refractivity contribution in [1.82, 2.24) is 24.8 Å². The van der Waals surface area contributed by atoms with Crippen molar-refractivity contribution >= 4 is 22.9 Å². The van der Waals surface area contributed by atoms with Gasteiger partial charge in [0.05, 0.1) is 36.6 Å². The summed E-state index contributed by atoms with van der Waals surface area (Å²) in [6, 6.07) is 11.5. The molecule has 0 amide bonds. The number of anilines is 1. The highest BCUT2D eigenvalue weighted by Crippen LogP contribution is 2.32. The van der Waals surface area contributed by atoms with Gasteiger partial charge in [-0.25, -0.2) is 9.50 Å². The van der Waals surface area contributed by atoms with Crippen LogP contribution >= 0.6 is 11.6 Å². The number of hydrogen-bond donors (Lipinski definition) is 0. The van der Waals surface area contributed by atoms with Crippen LogP contribution in [0.1, 0.15) is 18.9 Å². The quantitative estimate of drug-likeness (QED) is 0.427. The minimum Gasteiger partial charge on any atom is -0.492 e. The molecule has 1 atom stereocenters. The lowest BCUT2D eigenvalue weighted by Crippen LogP contribution is -2.25. The van der Waals surface area contributed by atoms with Crippen LogP contribution in [0, 0.1) is 11.3 Å². The predicted octanol–water partition coefficient (Wildman–Crippen LogP) is 3.77. The van der Waals surface area contributed by atoms with E-state index < -0.39 is 0 Å². The molecule has 1 unspecified atom stereocenters. The van der Waals surface area contributed by atoms with E-state index in [-0.39, 0.29) is 6.10 Å². The van der Waals surface area contributed by atoms with Crippen molar-refractivity contribution in [2.24, 2.45) is 0 Å². The van der Waals surface area contributed by atoms with Gasteiger partial charge >= 0.3 is 0 Å². The van der Waals surface area contributed by atoms with Gasteiger partial charge in [-0.15, -0.1) is 10.2 Å². The number of rotatable bonds is 6. The maximum absolute atomic E-state index is 9.52. The van der Waals surface area contributed by atoms with Crippen LogP contribution in [0.5, 0.6) is 11.6 Å². The SMILES string of the molecule is CCOc1cc(-c2ccc(N3CCC(Oc4ccc(Cl)nn4)C3)nc2)c2c(C#N)cnn2c1. The maximum atomic E-state index is 9.52. The molecule has 5 heterocycles. The van der Waals surface area contributed by atoms with Gasteiger partial charge in [0.25, 0.3) is 0 Å². The van der Waals surface area contributed by atoms with Gasteiger partial charge in [-0.1, -0.05) is 11.6 Å². The minimum atomic E-state index is -0.00516. The zero-order valence-corrected chi connectivity index (χ0v) is 18.6. The molecule has 4 aromatic rings. The zero-order chi connectivity index (χ0) is 22.8. The van der Waals surface area contributed by atoms with Gasteiger partial charge in [0.2, 0.25) is 5.88 Å². The topological polar surface area (TPSA) is 101 Å². The van der Waals surface area contributed by atoms with Gasteiger partial charge in [-0.3, -0.25) is 0 Å². The largest absolute Gasteiger partial charge is 0.492 e. The number of fused-ring (bicyclic) bond motifs is 1. The van der Waals surface area contributed by atoms with Gasteiger partial charge in [-0.05, 0) is 31.2 Å². The Morgan fingerprint density at radius 1 is 1.21 bits per heavy atom. The molecule has 1 fully saturated rings. The third-order valence-electron chi connectivity index (χ3n) is 5.44. The van der Waals surface area contributed by atoms with Gasteiger partial charge < -0.3 is 14.4 Å². The number of nitrogens with zero attached hydrogens (tertiary/aromatic N) is 7. The van der Waals surface area contributed by atoms with Crippen molar-refractivity contribution in [3.8, 4) is 28.8 Å². The summed E-state index contributed by atoms with van der Waals surface area (Å²) in [5, 5.41) is 21.9. The van der Waals surface area contributed by atoms with Crippen molar-refractivity contribution in [1.29, 1.82) is 5.26 Å². The number of aromatic nitrogens is 5. The molecule has 0 spiro atoms.